The first kappa shape index (κ1) is 15.9. The van der Waals surface area contributed by atoms with Crippen molar-refractivity contribution in [2.45, 2.75) is 25.3 Å². The van der Waals surface area contributed by atoms with Crippen LogP contribution in [0.4, 0.5) is 0 Å². The van der Waals surface area contributed by atoms with E-state index in [0.717, 1.165) is 12.8 Å². The van der Waals surface area contributed by atoms with E-state index in [1.165, 1.54) is 0 Å². The van der Waals surface area contributed by atoms with Gasteiger partial charge in [-0.15, -0.1) is 0 Å². The predicted molar refractivity (Wildman–Crippen MR) is 80.7 cm³/mol. The molecule has 0 aliphatic carbocycles. The second kappa shape index (κ2) is 7.52. The minimum absolute atomic E-state index is 0.00388. The van der Waals surface area contributed by atoms with Gasteiger partial charge in [0.1, 0.15) is 5.75 Å². The van der Waals surface area contributed by atoms with Crippen molar-refractivity contribution in [1.82, 2.24) is 10.6 Å². The monoisotopic (exact) mass is 330 g/mol. The Bertz CT molecular complexity index is 517. The molecule has 1 aliphatic heterocycles. The fraction of sp³-hybridized carbons (Fsp3) is 0.429. The van der Waals surface area contributed by atoms with Gasteiger partial charge in [0.25, 0.3) is 5.91 Å². The van der Waals surface area contributed by atoms with Crippen molar-refractivity contribution in [1.29, 1.82) is 0 Å². The number of benzene rings is 1. The van der Waals surface area contributed by atoms with Crippen molar-refractivity contribution < 1.29 is 14.3 Å². The molecule has 1 saturated heterocycles. The second-order valence-electron chi connectivity index (χ2n) is 4.85. The molecule has 2 rings (SSSR count). The lowest BCUT2D eigenvalue weighted by molar-refractivity contribution is -0.125. The van der Waals surface area contributed by atoms with Gasteiger partial charge in [0, 0.05) is 29.1 Å². The third-order valence-corrected chi connectivity index (χ3v) is 3.51. The summed E-state index contributed by atoms with van der Waals surface area (Å²) < 4.78 is 5.32. The first-order valence-electron chi connectivity index (χ1n) is 6.68. The molecule has 1 aromatic carbocycles. The van der Waals surface area contributed by atoms with Crippen molar-refractivity contribution in [3.8, 4) is 5.75 Å². The average molecular weight is 331 g/mol. The highest BCUT2D eigenvalue weighted by Crippen LogP contribution is 2.23. The summed E-state index contributed by atoms with van der Waals surface area (Å²) in [4.78, 5) is 22.9. The maximum atomic E-state index is 11.7. The molecule has 1 heterocycles. The van der Waals surface area contributed by atoms with Crippen LogP contribution in [0.2, 0.25) is 10.0 Å². The topological polar surface area (TPSA) is 67.4 Å². The van der Waals surface area contributed by atoms with E-state index in [1.807, 2.05) is 0 Å². The Morgan fingerprint density at radius 2 is 2.05 bits per heavy atom. The lowest BCUT2D eigenvalue weighted by Gasteiger charge is -2.23. The van der Waals surface area contributed by atoms with Gasteiger partial charge in [-0.25, -0.2) is 0 Å². The van der Waals surface area contributed by atoms with Crippen LogP contribution in [0.1, 0.15) is 19.3 Å². The average Bonchev–Trinajstić information content (AvgIpc) is 2.42. The molecule has 5 nitrogen and oxygen atoms in total. The van der Waals surface area contributed by atoms with E-state index in [-0.39, 0.29) is 24.5 Å². The van der Waals surface area contributed by atoms with E-state index in [4.69, 9.17) is 27.9 Å². The third-order valence-electron chi connectivity index (χ3n) is 3.07. The maximum Gasteiger partial charge on any atom is 0.258 e. The minimum Gasteiger partial charge on any atom is -0.484 e. The molecular weight excluding hydrogens is 315 g/mol. The highest BCUT2D eigenvalue weighted by atomic mass is 35.5. The largest absolute Gasteiger partial charge is 0.484 e. The van der Waals surface area contributed by atoms with E-state index < -0.39 is 0 Å². The van der Waals surface area contributed by atoms with Gasteiger partial charge in [-0.3, -0.25) is 9.59 Å². The second-order valence-corrected chi connectivity index (χ2v) is 5.73. The lowest BCUT2D eigenvalue weighted by Crippen LogP contribution is -2.46. The predicted octanol–water partition coefficient (Wildman–Crippen LogP) is 2.16. The Kier molecular flexibility index (Phi) is 5.70. The van der Waals surface area contributed by atoms with E-state index in [1.54, 1.807) is 18.2 Å². The molecule has 0 aromatic heterocycles. The highest BCUT2D eigenvalue weighted by Gasteiger charge is 2.18. The molecule has 1 fully saturated rings. The number of halogens is 2. The van der Waals surface area contributed by atoms with Gasteiger partial charge in [0.05, 0.1) is 0 Å². The number of piperidine rings is 1. The number of hydrogen-bond acceptors (Lipinski definition) is 3. The van der Waals surface area contributed by atoms with Crippen LogP contribution in [0.15, 0.2) is 18.2 Å². The number of nitrogens with one attached hydrogen (secondary N) is 2. The van der Waals surface area contributed by atoms with Crippen LogP contribution in [0, 0.1) is 0 Å². The van der Waals surface area contributed by atoms with Crippen molar-refractivity contribution in [3.63, 3.8) is 0 Å². The summed E-state index contributed by atoms with van der Waals surface area (Å²) in [6.45, 7) is 0.279. The van der Waals surface area contributed by atoms with E-state index in [0.29, 0.717) is 28.8 Å². The molecule has 0 saturated carbocycles. The zero-order chi connectivity index (χ0) is 15.2. The standard InChI is InChI=1S/C14H16Cl2N2O3/c15-9-4-10(16)6-12(5-9)21-8-14(20)17-7-11-2-1-3-13(19)18-11/h4-6,11H,1-3,7-8H2,(H,17,20)(H,18,19)/t11-/m1/s1. The Balaban J connectivity index is 1.73. The van der Waals surface area contributed by atoms with Crippen LogP contribution < -0.4 is 15.4 Å². The van der Waals surface area contributed by atoms with Crippen molar-refractivity contribution >= 4 is 35.0 Å². The van der Waals surface area contributed by atoms with Crippen LogP contribution in [-0.2, 0) is 9.59 Å². The number of ether oxygens (including phenoxy) is 1. The van der Waals surface area contributed by atoms with Crippen molar-refractivity contribution in [3.05, 3.63) is 28.2 Å². The Morgan fingerprint density at radius 1 is 1.33 bits per heavy atom. The Hall–Kier alpha value is -1.46. The van der Waals surface area contributed by atoms with Gasteiger partial charge < -0.3 is 15.4 Å². The Morgan fingerprint density at radius 3 is 2.71 bits per heavy atom. The number of hydrogen-bond donors (Lipinski definition) is 2. The lowest BCUT2D eigenvalue weighted by atomic mass is 10.0. The zero-order valence-electron chi connectivity index (χ0n) is 11.3. The molecular formula is C14H16Cl2N2O3. The summed E-state index contributed by atoms with van der Waals surface area (Å²) in [7, 11) is 0. The summed E-state index contributed by atoms with van der Waals surface area (Å²) in [6.07, 6.45) is 2.28. The molecule has 2 N–H and O–H groups in total. The van der Waals surface area contributed by atoms with E-state index in [9.17, 15) is 9.59 Å². The normalized spacial score (nSPS) is 18.0. The fourth-order valence-electron chi connectivity index (χ4n) is 2.08. The molecule has 1 aliphatic rings. The fourth-order valence-corrected chi connectivity index (χ4v) is 2.59. The molecule has 0 unspecified atom stereocenters. The third kappa shape index (κ3) is 5.44. The molecule has 0 bridgehead atoms. The van der Waals surface area contributed by atoms with Gasteiger partial charge in [-0.2, -0.15) is 0 Å². The van der Waals surface area contributed by atoms with Crippen LogP contribution in [-0.4, -0.2) is 31.0 Å². The molecule has 114 valence electrons. The minimum atomic E-state index is -0.258. The zero-order valence-corrected chi connectivity index (χ0v) is 12.8. The first-order chi connectivity index (χ1) is 10.0. The van der Waals surface area contributed by atoms with Crippen molar-refractivity contribution in [2.75, 3.05) is 13.2 Å². The molecule has 0 radical (unpaired) electrons. The molecule has 0 spiro atoms. The summed E-state index contributed by atoms with van der Waals surface area (Å²) in [5, 5.41) is 6.45. The SMILES string of the molecule is O=C(COc1cc(Cl)cc(Cl)c1)NC[C@H]1CCCC(=O)N1. The van der Waals surface area contributed by atoms with Gasteiger partial charge in [0.15, 0.2) is 6.61 Å². The number of carbonyl (C=O) groups excluding carboxylic acids is 2. The maximum absolute atomic E-state index is 11.7. The van der Waals surface area contributed by atoms with Crippen LogP contribution >= 0.6 is 23.2 Å². The van der Waals surface area contributed by atoms with Crippen molar-refractivity contribution in [2.24, 2.45) is 0 Å². The van der Waals surface area contributed by atoms with Gasteiger partial charge in [-0.1, -0.05) is 23.2 Å². The molecule has 1 atom stereocenters. The number of carbonyl (C=O) groups is 2. The quantitative estimate of drug-likeness (QED) is 0.869. The number of amides is 2. The van der Waals surface area contributed by atoms with Gasteiger partial charge in [0.2, 0.25) is 5.91 Å². The summed E-state index contributed by atoms with van der Waals surface area (Å²) in [5.41, 5.74) is 0. The molecule has 1 aromatic rings. The van der Waals surface area contributed by atoms with E-state index in [2.05, 4.69) is 10.6 Å². The molecule has 21 heavy (non-hydrogen) atoms. The smallest absolute Gasteiger partial charge is 0.258 e. The van der Waals surface area contributed by atoms with Gasteiger partial charge >= 0.3 is 0 Å². The Labute approximate surface area is 132 Å². The molecule has 7 heteroatoms. The number of rotatable bonds is 5. The van der Waals surface area contributed by atoms with Crippen LogP contribution in [0.3, 0.4) is 0 Å². The first-order valence-corrected chi connectivity index (χ1v) is 7.43. The highest BCUT2D eigenvalue weighted by molar-refractivity contribution is 6.34. The van der Waals surface area contributed by atoms with Gasteiger partial charge in [-0.05, 0) is 31.0 Å². The van der Waals surface area contributed by atoms with Crippen LogP contribution in [0.5, 0.6) is 5.75 Å². The summed E-state index contributed by atoms with van der Waals surface area (Å²) in [6, 6.07) is 4.75. The summed E-state index contributed by atoms with van der Waals surface area (Å²) in [5.74, 6) is 0.213. The summed E-state index contributed by atoms with van der Waals surface area (Å²) >= 11 is 11.7. The van der Waals surface area contributed by atoms with E-state index >= 15 is 0 Å². The van der Waals surface area contributed by atoms with Crippen LogP contribution in [0.25, 0.3) is 0 Å². The molecule has 2 amide bonds.